The Kier molecular flexibility index (Phi) is 4.32. The predicted molar refractivity (Wildman–Crippen MR) is 63.7 cm³/mol. The molecule has 2 heteroatoms. The number of nitrogens with one attached hydrogen (secondary N) is 1. The van der Waals surface area contributed by atoms with Crippen LogP contribution in [0.25, 0.3) is 0 Å². The summed E-state index contributed by atoms with van der Waals surface area (Å²) in [6.45, 7) is 8.87. The lowest BCUT2D eigenvalue weighted by Gasteiger charge is -2.30. The maximum absolute atomic E-state index is 12.6. The Morgan fingerprint density at radius 2 is 2.20 bits per heavy atom. The van der Waals surface area contributed by atoms with Crippen LogP contribution in [0.1, 0.15) is 47.0 Å². The van der Waals surface area contributed by atoms with Crippen LogP contribution in [0.4, 0.5) is 4.39 Å². The Hall–Kier alpha value is -0.370. The summed E-state index contributed by atoms with van der Waals surface area (Å²) in [5, 5.41) is 3.27. The fraction of sp³-hybridized carbons (Fsp3) is 0.846. The monoisotopic (exact) mass is 213 g/mol. The van der Waals surface area contributed by atoms with Gasteiger partial charge in [-0.2, -0.15) is 0 Å². The molecule has 1 aliphatic rings. The van der Waals surface area contributed by atoms with E-state index in [-0.39, 0.29) is 0 Å². The Labute approximate surface area is 93.1 Å². The Morgan fingerprint density at radius 1 is 1.53 bits per heavy atom. The van der Waals surface area contributed by atoms with Crippen LogP contribution in [0.3, 0.4) is 0 Å². The highest BCUT2D eigenvalue weighted by atomic mass is 19.1. The van der Waals surface area contributed by atoms with Gasteiger partial charge in [0.05, 0.1) is 0 Å². The number of hydrogen-bond donors (Lipinski definition) is 1. The second-order valence-corrected chi connectivity index (χ2v) is 5.64. The van der Waals surface area contributed by atoms with Crippen molar-refractivity contribution in [3.8, 4) is 0 Å². The lowest BCUT2D eigenvalue weighted by molar-refractivity contribution is 0.317. The number of alkyl halides is 1. The molecule has 0 radical (unpaired) electrons. The van der Waals surface area contributed by atoms with Crippen LogP contribution in [0.5, 0.6) is 0 Å². The molecule has 2 unspecified atom stereocenters. The van der Waals surface area contributed by atoms with Crippen LogP contribution in [0.15, 0.2) is 11.6 Å². The van der Waals surface area contributed by atoms with Gasteiger partial charge < -0.3 is 5.32 Å². The predicted octanol–water partition coefficient (Wildman–Crippen LogP) is 3.46. The van der Waals surface area contributed by atoms with E-state index in [1.54, 1.807) is 12.5 Å². The first-order valence-corrected chi connectivity index (χ1v) is 5.96. The first kappa shape index (κ1) is 12.7. The second-order valence-electron chi connectivity index (χ2n) is 5.64. The molecule has 1 aliphatic carbocycles. The Morgan fingerprint density at radius 3 is 2.60 bits per heavy atom. The van der Waals surface area contributed by atoms with E-state index < -0.39 is 6.17 Å². The molecule has 0 aliphatic heterocycles. The minimum atomic E-state index is -0.738. The van der Waals surface area contributed by atoms with Gasteiger partial charge in [-0.15, -0.1) is 0 Å². The number of hydrogen-bond acceptors (Lipinski definition) is 1. The van der Waals surface area contributed by atoms with Gasteiger partial charge in [0.2, 0.25) is 0 Å². The quantitative estimate of drug-likeness (QED) is 0.708. The molecule has 1 nitrogen and oxygen atoms in total. The molecule has 0 saturated heterocycles. The molecule has 0 saturated carbocycles. The highest BCUT2D eigenvalue weighted by Crippen LogP contribution is 2.33. The molecule has 88 valence electrons. The van der Waals surface area contributed by atoms with Crippen LogP contribution in [-0.4, -0.2) is 18.8 Å². The van der Waals surface area contributed by atoms with Gasteiger partial charge in [-0.1, -0.05) is 32.4 Å². The molecule has 0 heterocycles. The summed E-state index contributed by atoms with van der Waals surface area (Å²) in [4.78, 5) is 0. The summed E-state index contributed by atoms with van der Waals surface area (Å²) in [6.07, 6.45) is 4.96. The third-order valence-corrected chi connectivity index (χ3v) is 3.06. The minimum Gasteiger partial charge on any atom is -0.311 e. The van der Waals surface area contributed by atoms with Crippen LogP contribution < -0.4 is 5.32 Å². The zero-order chi connectivity index (χ0) is 11.5. The van der Waals surface area contributed by atoms with Crippen molar-refractivity contribution < 1.29 is 4.39 Å². The van der Waals surface area contributed by atoms with Crippen LogP contribution >= 0.6 is 0 Å². The molecular weight excluding hydrogens is 189 g/mol. The van der Waals surface area contributed by atoms with Crippen LogP contribution in [-0.2, 0) is 0 Å². The van der Waals surface area contributed by atoms with E-state index in [0.717, 1.165) is 19.3 Å². The third-order valence-electron chi connectivity index (χ3n) is 3.06. The molecule has 0 amide bonds. The Bertz CT molecular complexity index is 225. The van der Waals surface area contributed by atoms with Gasteiger partial charge >= 0.3 is 0 Å². The molecule has 15 heavy (non-hydrogen) atoms. The minimum absolute atomic E-state index is 0.304. The van der Waals surface area contributed by atoms with Crippen molar-refractivity contribution in [3.05, 3.63) is 11.6 Å². The maximum Gasteiger partial charge on any atom is 0.110 e. The smallest absolute Gasteiger partial charge is 0.110 e. The highest BCUT2D eigenvalue weighted by Gasteiger charge is 2.22. The lowest BCUT2D eigenvalue weighted by Crippen LogP contribution is -2.35. The van der Waals surface area contributed by atoms with Crippen molar-refractivity contribution in [1.29, 1.82) is 0 Å². The van der Waals surface area contributed by atoms with Gasteiger partial charge in [0.1, 0.15) is 6.17 Å². The topological polar surface area (TPSA) is 12.0 Å². The van der Waals surface area contributed by atoms with Crippen LogP contribution in [0, 0.1) is 5.41 Å². The van der Waals surface area contributed by atoms with Gasteiger partial charge in [-0.05, 0) is 31.6 Å². The maximum atomic E-state index is 12.6. The van der Waals surface area contributed by atoms with Crippen molar-refractivity contribution in [3.63, 3.8) is 0 Å². The van der Waals surface area contributed by atoms with Gasteiger partial charge in [0.15, 0.2) is 0 Å². The zero-order valence-electron chi connectivity index (χ0n) is 10.4. The van der Waals surface area contributed by atoms with Gasteiger partial charge in [-0.3, -0.25) is 0 Å². The first-order valence-electron chi connectivity index (χ1n) is 5.96. The molecule has 2 atom stereocenters. The average Bonchev–Trinajstić information content (AvgIpc) is 2.14. The van der Waals surface area contributed by atoms with Crippen molar-refractivity contribution in [2.45, 2.75) is 59.2 Å². The summed E-state index contributed by atoms with van der Waals surface area (Å²) in [7, 11) is 0. The summed E-state index contributed by atoms with van der Waals surface area (Å²) >= 11 is 0. The summed E-state index contributed by atoms with van der Waals surface area (Å²) < 4.78 is 12.6. The fourth-order valence-corrected chi connectivity index (χ4v) is 2.03. The van der Waals surface area contributed by atoms with E-state index >= 15 is 0 Å². The molecule has 0 fully saturated rings. The van der Waals surface area contributed by atoms with Crippen molar-refractivity contribution in [2.75, 3.05) is 6.54 Å². The number of allylic oxidation sites excluding steroid dienone is 1. The summed E-state index contributed by atoms with van der Waals surface area (Å²) in [5.41, 5.74) is 1.85. The normalized spacial score (nSPS) is 24.9. The average molecular weight is 213 g/mol. The molecule has 1 rings (SSSR count). The molecule has 0 bridgehead atoms. The molecular formula is C13H24FN. The summed E-state index contributed by atoms with van der Waals surface area (Å²) in [6, 6.07) is 0.481. The van der Waals surface area contributed by atoms with E-state index in [1.807, 2.05) is 0 Å². The van der Waals surface area contributed by atoms with E-state index in [4.69, 9.17) is 0 Å². The summed E-state index contributed by atoms with van der Waals surface area (Å²) in [5.74, 6) is 0. The first-order chi connectivity index (χ1) is 6.89. The molecule has 0 spiro atoms. The third kappa shape index (κ3) is 4.33. The van der Waals surface area contributed by atoms with Crippen molar-refractivity contribution in [1.82, 2.24) is 5.32 Å². The highest BCUT2D eigenvalue weighted by molar-refractivity contribution is 5.14. The zero-order valence-corrected chi connectivity index (χ0v) is 10.4. The van der Waals surface area contributed by atoms with Crippen molar-refractivity contribution >= 4 is 0 Å². The van der Waals surface area contributed by atoms with E-state index in [9.17, 15) is 4.39 Å². The SMILES string of the molecule is CC(F)CNC1CC=C(C(C)(C)C)CC1. The van der Waals surface area contributed by atoms with Gasteiger partial charge in [-0.25, -0.2) is 4.39 Å². The van der Waals surface area contributed by atoms with Crippen molar-refractivity contribution in [2.24, 2.45) is 5.41 Å². The standard InChI is InChI=1S/C13H24FN/c1-10(14)9-15-12-7-5-11(6-8-12)13(2,3)4/h5,10,12,15H,6-9H2,1-4H3. The number of halogens is 1. The van der Waals surface area contributed by atoms with Gasteiger partial charge in [0, 0.05) is 12.6 Å². The van der Waals surface area contributed by atoms with Crippen LogP contribution in [0.2, 0.25) is 0 Å². The molecule has 0 aromatic heterocycles. The fourth-order valence-electron chi connectivity index (χ4n) is 2.03. The molecule has 1 N–H and O–H groups in total. The van der Waals surface area contributed by atoms with E-state index in [1.165, 1.54) is 0 Å². The lowest BCUT2D eigenvalue weighted by atomic mass is 9.79. The Balaban J connectivity index is 2.38. The molecule has 0 aromatic carbocycles. The van der Waals surface area contributed by atoms with Gasteiger partial charge in [0.25, 0.3) is 0 Å². The van der Waals surface area contributed by atoms with E-state index in [0.29, 0.717) is 18.0 Å². The second kappa shape index (κ2) is 5.11. The van der Waals surface area contributed by atoms with E-state index in [2.05, 4.69) is 32.2 Å². The molecule has 0 aromatic rings. The number of rotatable bonds is 3. The largest absolute Gasteiger partial charge is 0.311 e.